The van der Waals surface area contributed by atoms with Crippen LogP contribution in [0.3, 0.4) is 0 Å². The Morgan fingerprint density at radius 1 is 1.50 bits per heavy atom. The summed E-state index contributed by atoms with van der Waals surface area (Å²) in [5.41, 5.74) is 0. The maximum absolute atomic E-state index is 10.4. The molecule has 4 heteroatoms. The highest BCUT2D eigenvalue weighted by molar-refractivity contribution is 7.86. The maximum Gasteiger partial charge on any atom is 0.306 e. The van der Waals surface area contributed by atoms with E-state index in [0.29, 0.717) is 12.8 Å². The lowest BCUT2D eigenvalue weighted by Gasteiger charge is -2.18. The number of aliphatic carboxylic acids is 1. The lowest BCUT2D eigenvalue weighted by Crippen LogP contribution is -2.24. The van der Waals surface area contributed by atoms with Crippen LogP contribution in [-0.4, -0.2) is 22.6 Å². The van der Waals surface area contributed by atoms with Crippen LogP contribution in [0.5, 0.6) is 0 Å². The maximum atomic E-state index is 10.4. The van der Waals surface area contributed by atoms with E-state index in [-0.39, 0.29) is 16.6 Å². The first-order valence-electron chi connectivity index (χ1n) is 3.31. The molecule has 1 saturated heterocycles. The van der Waals surface area contributed by atoms with Crippen LogP contribution in [0.1, 0.15) is 12.8 Å². The number of carboxylic acid groups (broad SMARTS) is 1. The van der Waals surface area contributed by atoms with Crippen molar-refractivity contribution in [3.63, 3.8) is 0 Å². The first-order valence-corrected chi connectivity index (χ1v) is 4.88. The topological polar surface area (TPSA) is 61.2 Å². The molecule has 3 nitrogen and oxygen atoms in total. The average Bonchev–Trinajstić information content (AvgIpc) is 1.88. The van der Waals surface area contributed by atoms with Gasteiger partial charge in [-0.2, -0.15) is 0 Å². The fourth-order valence-electron chi connectivity index (χ4n) is 1.06. The van der Waals surface area contributed by atoms with E-state index < -0.39 is 5.97 Å². The van der Waals surface area contributed by atoms with Gasteiger partial charge in [0.05, 0.1) is 5.92 Å². The van der Waals surface area contributed by atoms with Crippen LogP contribution in [0.4, 0.5) is 0 Å². The number of carbonyl (C=O) groups is 1. The Kier molecular flexibility index (Phi) is 2.43. The molecule has 0 amide bonds. The largest absolute Gasteiger partial charge is 0.481 e. The summed E-state index contributed by atoms with van der Waals surface area (Å²) < 4.78 is 7.34. The second-order valence-corrected chi connectivity index (χ2v) is 4.32. The third-order valence-electron chi connectivity index (χ3n) is 1.77. The molecule has 1 aliphatic heterocycles. The van der Waals surface area contributed by atoms with Gasteiger partial charge in [-0.25, -0.2) is 0 Å². The van der Waals surface area contributed by atoms with Crippen LogP contribution in [0.2, 0.25) is 0 Å². The van der Waals surface area contributed by atoms with E-state index in [1.165, 1.54) is 0 Å². The highest BCUT2D eigenvalue weighted by Gasteiger charge is 2.21. The number of carboxylic acids is 1. The van der Waals surface area contributed by atoms with Crippen LogP contribution >= 0.6 is 0 Å². The van der Waals surface area contributed by atoms with Crippen molar-refractivity contribution in [2.75, 3.05) is 11.5 Å². The Labute approximate surface area is 62.3 Å². The number of rotatable bonds is 1. The molecule has 1 heterocycles. The van der Waals surface area contributed by atoms with Crippen molar-refractivity contribution in [2.45, 2.75) is 12.8 Å². The first-order chi connectivity index (χ1) is 4.70. The van der Waals surface area contributed by atoms with Gasteiger partial charge in [0.25, 0.3) is 0 Å². The smallest absolute Gasteiger partial charge is 0.306 e. The molecule has 0 aromatic rings. The average molecular weight is 161 g/mol. The summed E-state index contributed by atoms with van der Waals surface area (Å²) in [6, 6.07) is 0. The highest BCUT2D eigenvalue weighted by Crippen LogP contribution is 2.16. The van der Waals surface area contributed by atoms with Crippen molar-refractivity contribution in [1.29, 1.82) is 4.78 Å². The zero-order valence-corrected chi connectivity index (χ0v) is 6.49. The fraction of sp³-hybridized carbons (Fsp3) is 0.833. The third-order valence-corrected chi connectivity index (χ3v) is 3.23. The summed E-state index contributed by atoms with van der Waals surface area (Å²) >= 11 is 0. The predicted molar refractivity (Wildman–Crippen MR) is 40.2 cm³/mol. The summed E-state index contributed by atoms with van der Waals surface area (Å²) in [6.07, 6.45) is 1.42. The molecule has 0 aromatic heterocycles. The predicted octanol–water partition coefficient (Wildman–Crippen LogP) is 0.862. The Balaban J connectivity index is 2.40. The molecule has 1 rings (SSSR count). The summed E-state index contributed by atoms with van der Waals surface area (Å²) in [5.74, 6) is 0.735. The Hall–Kier alpha value is -0.380. The summed E-state index contributed by atoms with van der Waals surface area (Å²) in [5, 5.41) is 8.57. The van der Waals surface area contributed by atoms with Gasteiger partial charge in [-0.3, -0.25) is 9.57 Å². The number of nitrogens with one attached hydrogen (secondary N) is 1. The van der Waals surface area contributed by atoms with Gasteiger partial charge in [-0.1, -0.05) is 0 Å². The molecule has 0 aliphatic carbocycles. The molecule has 1 fully saturated rings. The SMILES string of the molecule is N=S1CCC(C(=O)O)CC1. The van der Waals surface area contributed by atoms with Gasteiger partial charge in [0.1, 0.15) is 0 Å². The number of hydrogen-bond donors (Lipinski definition) is 2. The van der Waals surface area contributed by atoms with Gasteiger partial charge in [0.15, 0.2) is 0 Å². The van der Waals surface area contributed by atoms with E-state index in [9.17, 15) is 4.79 Å². The summed E-state index contributed by atoms with van der Waals surface area (Å²) in [7, 11) is -0.241. The second kappa shape index (κ2) is 3.14. The molecule has 0 spiro atoms. The van der Waals surface area contributed by atoms with Crippen molar-refractivity contribution in [1.82, 2.24) is 0 Å². The zero-order chi connectivity index (χ0) is 7.56. The summed E-state index contributed by atoms with van der Waals surface area (Å²) in [6.45, 7) is 0. The van der Waals surface area contributed by atoms with E-state index in [2.05, 4.69) is 0 Å². The first kappa shape index (κ1) is 7.72. The molecular weight excluding hydrogens is 150 g/mol. The lowest BCUT2D eigenvalue weighted by atomic mass is 10.0. The molecule has 0 bridgehead atoms. The van der Waals surface area contributed by atoms with Crippen molar-refractivity contribution in [2.24, 2.45) is 5.92 Å². The molecule has 0 unspecified atom stereocenters. The number of hydrogen-bond acceptors (Lipinski definition) is 2. The van der Waals surface area contributed by atoms with Gasteiger partial charge in [0.2, 0.25) is 0 Å². The Morgan fingerprint density at radius 2 is 2.00 bits per heavy atom. The van der Waals surface area contributed by atoms with Gasteiger partial charge in [-0.05, 0) is 12.8 Å². The van der Waals surface area contributed by atoms with Gasteiger partial charge < -0.3 is 5.11 Å². The van der Waals surface area contributed by atoms with Crippen LogP contribution < -0.4 is 0 Å². The molecule has 58 valence electrons. The van der Waals surface area contributed by atoms with Crippen LogP contribution in [-0.2, 0) is 15.5 Å². The van der Waals surface area contributed by atoms with E-state index in [1.54, 1.807) is 0 Å². The van der Waals surface area contributed by atoms with Gasteiger partial charge in [0, 0.05) is 11.5 Å². The normalized spacial score (nSPS) is 33.6. The third kappa shape index (κ3) is 1.80. The highest BCUT2D eigenvalue weighted by atomic mass is 32.2. The molecule has 1 aliphatic rings. The molecule has 10 heavy (non-hydrogen) atoms. The summed E-state index contributed by atoms with van der Waals surface area (Å²) in [4.78, 5) is 10.4. The quantitative estimate of drug-likeness (QED) is 0.599. The monoisotopic (exact) mass is 161 g/mol. The van der Waals surface area contributed by atoms with Crippen LogP contribution in [0.15, 0.2) is 0 Å². The van der Waals surface area contributed by atoms with Crippen molar-refractivity contribution in [3.05, 3.63) is 0 Å². The molecule has 0 aromatic carbocycles. The standard InChI is InChI=1S/C6H11NO2S/c7-10-3-1-5(2-4-10)6(8)9/h5,7H,1-4H2,(H,8,9). The van der Waals surface area contributed by atoms with Gasteiger partial charge >= 0.3 is 5.97 Å². The second-order valence-electron chi connectivity index (χ2n) is 2.51. The Morgan fingerprint density at radius 3 is 2.40 bits per heavy atom. The molecule has 0 radical (unpaired) electrons. The fourth-order valence-corrected chi connectivity index (χ4v) is 2.40. The molecule has 0 saturated carbocycles. The van der Waals surface area contributed by atoms with Crippen molar-refractivity contribution in [3.8, 4) is 0 Å². The van der Waals surface area contributed by atoms with Crippen molar-refractivity contribution < 1.29 is 9.90 Å². The van der Waals surface area contributed by atoms with E-state index >= 15 is 0 Å². The van der Waals surface area contributed by atoms with E-state index in [0.717, 1.165) is 11.5 Å². The van der Waals surface area contributed by atoms with Crippen LogP contribution in [0.25, 0.3) is 0 Å². The minimum absolute atomic E-state index is 0.158. The van der Waals surface area contributed by atoms with Crippen LogP contribution in [0, 0.1) is 10.7 Å². The van der Waals surface area contributed by atoms with Crippen molar-refractivity contribution >= 4 is 16.7 Å². The lowest BCUT2D eigenvalue weighted by molar-refractivity contribution is -0.141. The van der Waals surface area contributed by atoms with E-state index in [1.807, 2.05) is 0 Å². The minimum atomic E-state index is -0.684. The van der Waals surface area contributed by atoms with E-state index in [4.69, 9.17) is 9.89 Å². The zero-order valence-electron chi connectivity index (χ0n) is 5.67. The molecule has 2 N–H and O–H groups in total. The molecular formula is C6H11NO2S. The minimum Gasteiger partial charge on any atom is -0.481 e. The van der Waals surface area contributed by atoms with Gasteiger partial charge in [-0.15, -0.1) is 10.7 Å². The Bertz CT molecular complexity index is 159. The molecule has 0 atom stereocenters.